The van der Waals surface area contributed by atoms with Crippen LogP contribution in [0.5, 0.6) is 0 Å². The number of ether oxygens (including phenoxy) is 1. The van der Waals surface area contributed by atoms with Crippen molar-refractivity contribution < 1.29 is 19.1 Å². The van der Waals surface area contributed by atoms with Crippen molar-refractivity contribution in [3.05, 3.63) is 100 Å². The number of benzene rings is 3. The molecule has 6 nitrogen and oxygen atoms in total. The van der Waals surface area contributed by atoms with Crippen molar-refractivity contribution in [3.63, 3.8) is 0 Å². The second-order valence-electron chi connectivity index (χ2n) is 8.51. The number of anilines is 2. The number of aryl methyl sites for hydroxylation is 2. The monoisotopic (exact) mass is 486 g/mol. The maximum absolute atomic E-state index is 13.6. The lowest BCUT2D eigenvalue weighted by atomic mass is 10.1. The van der Waals surface area contributed by atoms with Crippen LogP contribution in [0.15, 0.2) is 88.3 Å². The normalized spacial score (nSPS) is 13.6. The van der Waals surface area contributed by atoms with Crippen LogP contribution in [0.25, 0.3) is 0 Å². The molecule has 2 amide bonds. The summed E-state index contributed by atoms with van der Waals surface area (Å²) in [4.78, 5) is 41.6. The molecule has 0 aliphatic carbocycles. The highest BCUT2D eigenvalue weighted by Crippen LogP contribution is 2.38. The molecule has 0 saturated carbocycles. The van der Waals surface area contributed by atoms with Crippen LogP contribution in [0, 0.1) is 13.8 Å². The highest BCUT2D eigenvalue weighted by atomic mass is 32.2. The fourth-order valence-electron chi connectivity index (χ4n) is 3.59. The molecule has 178 valence electrons. The molecular weight excluding hydrogens is 460 g/mol. The number of carbonyl (C=O) groups is 3. The lowest BCUT2D eigenvalue weighted by Gasteiger charge is -2.16. The lowest BCUT2D eigenvalue weighted by Crippen LogP contribution is -2.32. The van der Waals surface area contributed by atoms with Gasteiger partial charge in [-0.3, -0.25) is 9.59 Å². The van der Waals surface area contributed by atoms with Gasteiger partial charge < -0.3 is 10.1 Å². The summed E-state index contributed by atoms with van der Waals surface area (Å²) in [6.45, 7) is 7.46. The first-order valence-corrected chi connectivity index (χ1v) is 12.1. The van der Waals surface area contributed by atoms with Gasteiger partial charge in [0.1, 0.15) is 10.6 Å². The highest BCUT2D eigenvalue weighted by Gasteiger charge is 2.40. The van der Waals surface area contributed by atoms with Crippen LogP contribution in [0.2, 0.25) is 0 Å². The Morgan fingerprint density at radius 1 is 0.914 bits per heavy atom. The third kappa shape index (κ3) is 5.30. The number of hydrogen-bond donors (Lipinski definition) is 1. The average Bonchev–Trinajstić information content (AvgIpc) is 3.05. The molecule has 4 rings (SSSR count). The number of hydrogen-bond acceptors (Lipinski definition) is 6. The SMILES string of the molecule is Cc1ccc(C)c(NC2=C(Sc3ccccc3)C(=O)N(c3ccc(C(=O)OC(C)C)cc3)C2=O)c1. The summed E-state index contributed by atoms with van der Waals surface area (Å²) in [5.74, 6) is -1.33. The summed E-state index contributed by atoms with van der Waals surface area (Å²) < 4.78 is 5.22. The predicted molar refractivity (Wildman–Crippen MR) is 138 cm³/mol. The number of esters is 1. The van der Waals surface area contributed by atoms with E-state index in [1.54, 1.807) is 38.1 Å². The molecule has 1 N–H and O–H groups in total. The highest BCUT2D eigenvalue weighted by molar-refractivity contribution is 8.04. The molecule has 1 aliphatic heterocycles. The number of nitrogens with zero attached hydrogens (tertiary/aromatic N) is 1. The Kier molecular flexibility index (Phi) is 7.07. The van der Waals surface area contributed by atoms with Crippen molar-refractivity contribution in [2.75, 3.05) is 10.2 Å². The quantitative estimate of drug-likeness (QED) is 0.333. The molecular formula is C28H26N2O4S. The molecule has 0 radical (unpaired) electrons. The maximum Gasteiger partial charge on any atom is 0.338 e. The molecule has 0 atom stereocenters. The summed E-state index contributed by atoms with van der Waals surface area (Å²) in [5, 5.41) is 3.22. The summed E-state index contributed by atoms with van der Waals surface area (Å²) in [5.41, 5.74) is 3.71. The van der Waals surface area contributed by atoms with Gasteiger partial charge in [-0.2, -0.15) is 0 Å². The van der Waals surface area contributed by atoms with E-state index >= 15 is 0 Å². The first-order chi connectivity index (χ1) is 16.7. The van der Waals surface area contributed by atoms with Crippen LogP contribution in [-0.2, 0) is 14.3 Å². The van der Waals surface area contributed by atoms with Gasteiger partial charge in [-0.15, -0.1) is 0 Å². The van der Waals surface area contributed by atoms with Gasteiger partial charge in [0.15, 0.2) is 0 Å². The van der Waals surface area contributed by atoms with Crippen LogP contribution in [-0.4, -0.2) is 23.9 Å². The molecule has 1 aliphatic rings. The van der Waals surface area contributed by atoms with Crippen molar-refractivity contribution >= 4 is 40.9 Å². The molecule has 0 unspecified atom stereocenters. The summed E-state index contributed by atoms with van der Waals surface area (Å²) in [6.07, 6.45) is -0.246. The van der Waals surface area contributed by atoms with E-state index in [4.69, 9.17) is 4.74 Å². The summed E-state index contributed by atoms with van der Waals surface area (Å²) in [6, 6.07) is 21.6. The van der Waals surface area contributed by atoms with Gasteiger partial charge in [-0.05, 0) is 81.3 Å². The third-order valence-electron chi connectivity index (χ3n) is 5.36. The zero-order chi connectivity index (χ0) is 25.1. The van der Waals surface area contributed by atoms with E-state index in [0.29, 0.717) is 16.2 Å². The Balaban J connectivity index is 1.69. The van der Waals surface area contributed by atoms with E-state index in [-0.39, 0.29) is 11.8 Å². The molecule has 0 fully saturated rings. The molecule has 1 heterocycles. The second kappa shape index (κ2) is 10.2. The molecule has 0 aromatic heterocycles. The predicted octanol–water partition coefficient (Wildman–Crippen LogP) is 5.86. The van der Waals surface area contributed by atoms with E-state index in [2.05, 4.69) is 5.32 Å². The number of rotatable bonds is 7. The van der Waals surface area contributed by atoms with E-state index in [0.717, 1.165) is 26.6 Å². The van der Waals surface area contributed by atoms with Crippen LogP contribution in [0.3, 0.4) is 0 Å². The Morgan fingerprint density at radius 2 is 1.60 bits per heavy atom. The molecule has 0 spiro atoms. The minimum atomic E-state index is -0.457. The van der Waals surface area contributed by atoms with Gasteiger partial charge in [-0.1, -0.05) is 42.1 Å². The van der Waals surface area contributed by atoms with Gasteiger partial charge in [-0.25, -0.2) is 9.69 Å². The Hall–Kier alpha value is -3.84. The van der Waals surface area contributed by atoms with E-state index in [1.807, 2.05) is 62.4 Å². The van der Waals surface area contributed by atoms with Crippen molar-refractivity contribution in [1.82, 2.24) is 0 Å². The Morgan fingerprint density at radius 3 is 2.26 bits per heavy atom. The standard InChI is InChI=1S/C28H26N2O4S/c1-17(2)34-28(33)20-12-14-21(15-13-20)30-26(31)24(29-23-16-18(3)10-11-19(23)4)25(27(30)32)35-22-8-6-5-7-9-22/h5-17,29H,1-4H3. The van der Waals surface area contributed by atoms with E-state index in [1.165, 1.54) is 11.8 Å². The molecule has 7 heteroatoms. The largest absolute Gasteiger partial charge is 0.459 e. The number of imide groups is 1. The van der Waals surface area contributed by atoms with Gasteiger partial charge in [0.25, 0.3) is 11.8 Å². The number of carbonyl (C=O) groups excluding carboxylic acids is 3. The van der Waals surface area contributed by atoms with E-state index in [9.17, 15) is 14.4 Å². The van der Waals surface area contributed by atoms with E-state index < -0.39 is 17.8 Å². The Bertz CT molecular complexity index is 1310. The lowest BCUT2D eigenvalue weighted by molar-refractivity contribution is -0.120. The number of nitrogens with one attached hydrogen (secondary N) is 1. The molecule has 0 saturated heterocycles. The van der Waals surface area contributed by atoms with Crippen molar-refractivity contribution in [1.29, 1.82) is 0 Å². The minimum Gasteiger partial charge on any atom is -0.459 e. The van der Waals surface area contributed by atoms with Crippen LogP contribution in [0.4, 0.5) is 11.4 Å². The van der Waals surface area contributed by atoms with Crippen molar-refractivity contribution in [2.45, 2.75) is 38.7 Å². The maximum atomic E-state index is 13.6. The zero-order valence-electron chi connectivity index (χ0n) is 20.0. The summed E-state index contributed by atoms with van der Waals surface area (Å²) in [7, 11) is 0. The van der Waals surface area contributed by atoms with Gasteiger partial charge in [0.2, 0.25) is 0 Å². The minimum absolute atomic E-state index is 0.223. The van der Waals surface area contributed by atoms with Gasteiger partial charge >= 0.3 is 5.97 Å². The molecule has 35 heavy (non-hydrogen) atoms. The second-order valence-corrected chi connectivity index (χ2v) is 9.59. The van der Waals surface area contributed by atoms with Gasteiger partial charge in [0.05, 0.1) is 17.4 Å². The third-order valence-corrected chi connectivity index (χ3v) is 6.45. The Labute approximate surface area is 209 Å². The van der Waals surface area contributed by atoms with Crippen molar-refractivity contribution in [2.24, 2.45) is 0 Å². The fraction of sp³-hybridized carbons (Fsp3) is 0.179. The topological polar surface area (TPSA) is 75.7 Å². The molecule has 3 aromatic rings. The number of amides is 2. The molecule has 0 bridgehead atoms. The first kappa shape index (κ1) is 24.3. The zero-order valence-corrected chi connectivity index (χ0v) is 20.8. The fourth-order valence-corrected chi connectivity index (χ4v) is 4.54. The average molecular weight is 487 g/mol. The number of thioether (sulfide) groups is 1. The smallest absolute Gasteiger partial charge is 0.338 e. The van der Waals surface area contributed by atoms with Crippen LogP contribution < -0.4 is 10.2 Å². The first-order valence-electron chi connectivity index (χ1n) is 11.3. The van der Waals surface area contributed by atoms with Gasteiger partial charge in [0, 0.05) is 10.6 Å². The summed E-state index contributed by atoms with van der Waals surface area (Å²) >= 11 is 1.24. The van der Waals surface area contributed by atoms with Crippen molar-refractivity contribution in [3.8, 4) is 0 Å². The molecule has 3 aromatic carbocycles. The van der Waals surface area contributed by atoms with Crippen LogP contribution >= 0.6 is 11.8 Å². The van der Waals surface area contributed by atoms with Crippen LogP contribution in [0.1, 0.15) is 35.3 Å².